The first-order valence-electron chi connectivity index (χ1n) is 6.79. The summed E-state index contributed by atoms with van der Waals surface area (Å²) in [5.41, 5.74) is 0.915. The normalized spacial score (nSPS) is 21.3. The number of hydrogen-bond acceptors (Lipinski definition) is 5. The van der Waals surface area contributed by atoms with Crippen LogP contribution in [-0.4, -0.2) is 30.8 Å². The molecule has 0 saturated heterocycles. The summed E-state index contributed by atoms with van der Waals surface area (Å²) in [4.78, 5) is 10.5. The number of non-ortho nitro benzene ring substituents is 1. The maximum Gasteiger partial charge on any atom is 0.273 e. The van der Waals surface area contributed by atoms with Crippen molar-refractivity contribution in [2.75, 3.05) is 13.7 Å². The quantitative estimate of drug-likeness (QED) is 0.612. The topological polar surface area (TPSA) is 73.6 Å². The summed E-state index contributed by atoms with van der Waals surface area (Å²) in [6.45, 7) is 3.34. The fraction of sp³-hybridized carbons (Fsp3) is 0.571. The summed E-state index contributed by atoms with van der Waals surface area (Å²) < 4.78 is 10.6. The number of ether oxygens (including phenoxy) is 2. The van der Waals surface area contributed by atoms with E-state index in [2.05, 4.69) is 5.32 Å². The SMILES string of the molecule is CCOC1CC(NCc2cc(OC)cc([N+](=O)[O-])c2)C1. The molecule has 1 aromatic rings. The Balaban J connectivity index is 1.89. The molecule has 2 rings (SSSR count). The van der Waals surface area contributed by atoms with Crippen molar-refractivity contribution in [3.63, 3.8) is 0 Å². The molecular weight excluding hydrogens is 260 g/mol. The number of rotatable bonds is 7. The van der Waals surface area contributed by atoms with E-state index in [4.69, 9.17) is 9.47 Å². The van der Waals surface area contributed by atoms with Crippen molar-refractivity contribution in [2.24, 2.45) is 0 Å². The number of nitro benzene ring substituents is 1. The van der Waals surface area contributed by atoms with E-state index in [1.54, 1.807) is 6.07 Å². The molecule has 6 nitrogen and oxygen atoms in total. The van der Waals surface area contributed by atoms with E-state index < -0.39 is 4.92 Å². The Bertz CT molecular complexity index is 472. The van der Waals surface area contributed by atoms with Gasteiger partial charge in [0.25, 0.3) is 5.69 Å². The zero-order valence-corrected chi connectivity index (χ0v) is 11.8. The second-order valence-electron chi connectivity index (χ2n) is 4.92. The van der Waals surface area contributed by atoms with Crippen LogP contribution in [0.25, 0.3) is 0 Å². The van der Waals surface area contributed by atoms with Crippen molar-refractivity contribution in [1.29, 1.82) is 0 Å². The monoisotopic (exact) mass is 280 g/mol. The molecule has 0 spiro atoms. The minimum absolute atomic E-state index is 0.0574. The van der Waals surface area contributed by atoms with Crippen LogP contribution >= 0.6 is 0 Å². The summed E-state index contributed by atoms with van der Waals surface area (Å²) in [6, 6.07) is 5.25. The van der Waals surface area contributed by atoms with Crippen molar-refractivity contribution in [3.05, 3.63) is 33.9 Å². The number of nitrogens with one attached hydrogen (secondary N) is 1. The van der Waals surface area contributed by atoms with E-state index in [9.17, 15) is 10.1 Å². The highest BCUT2D eigenvalue weighted by Gasteiger charge is 2.28. The van der Waals surface area contributed by atoms with E-state index in [0.717, 1.165) is 25.0 Å². The van der Waals surface area contributed by atoms with Gasteiger partial charge in [0.2, 0.25) is 0 Å². The third kappa shape index (κ3) is 3.68. The summed E-state index contributed by atoms with van der Waals surface area (Å²) in [5, 5.41) is 14.2. The molecule has 1 aliphatic carbocycles. The molecule has 0 radical (unpaired) electrons. The minimum atomic E-state index is -0.402. The fourth-order valence-electron chi connectivity index (χ4n) is 2.34. The maximum absolute atomic E-state index is 10.9. The Morgan fingerprint density at radius 1 is 1.40 bits per heavy atom. The predicted octanol–water partition coefficient (Wildman–Crippen LogP) is 2.26. The number of hydrogen-bond donors (Lipinski definition) is 1. The average Bonchev–Trinajstić information content (AvgIpc) is 2.40. The van der Waals surface area contributed by atoms with Gasteiger partial charge < -0.3 is 14.8 Å². The van der Waals surface area contributed by atoms with Gasteiger partial charge in [0.05, 0.1) is 24.2 Å². The standard InChI is InChI=1S/C14H20N2O4/c1-3-20-14-6-11(7-14)15-9-10-4-12(16(17)18)8-13(5-10)19-2/h4-5,8,11,14-15H,3,6-7,9H2,1-2H3. The lowest BCUT2D eigenvalue weighted by molar-refractivity contribution is -0.385. The zero-order chi connectivity index (χ0) is 14.5. The Kier molecular flexibility index (Phi) is 4.92. The third-order valence-corrected chi connectivity index (χ3v) is 3.49. The molecule has 1 aromatic carbocycles. The largest absolute Gasteiger partial charge is 0.496 e. The van der Waals surface area contributed by atoms with Gasteiger partial charge in [-0.05, 0) is 31.4 Å². The Morgan fingerprint density at radius 2 is 2.15 bits per heavy atom. The van der Waals surface area contributed by atoms with Crippen LogP contribution in [0.15, 0.2) is 18.2 Å². The summed E-state index contributed by atoms with van der Waals surface area (Å²) in [7, 11) is 1.51. The van der Waals surface area contributed by atoms with Crippen molar-refractivity contribution in [3.8, 4) is 5.75 Å². The molecule has 1 N–H and O–H groups in total. The van der Waals surface area contributed by atoms with Crippen LogP contribution in [0, 0.1) is 10.1 Å². The van der Waals surface area contributed by atoms with Gasteiger partial charge in [-0.25, -0.2) is 0 Å². The molecule has 0 amide bonds. The summed E-state index contributed by atoms with van der Waals surface area (Å²) in [6.07, 6.45) is 2.36. The molecule has 0 atom stereocenters. The third-order valence-electron chi connectivity index (χ3n) is 3.49. The number of nitrogens with zero attached hydrogens (tertiary/aromatic N) is 1. The molecule has 0 unspecified atom stereocenters. The second-order valence-corrected chi connectivity index (χ2v) is 4.92. The van der Waals surface area contributed by atoms with Crippen LogP contribution in [0.4, 0.5) is 5.69 Å². The van der Waals surface area contributed by atoms with Gasteiger partial charge in [0.1, 0.15) is 5.75 Å². The Labute approximate surface area is 118 Å². The highest BCUT2D eigenvalue weighted by atomic mass is 16.6. The van der Waals surface area contributed by atoms with Gasteiger partial charge >= 0.3 is 0 Å². The molecule has 1 fully saturated rings. The van der Waals surface area contributed by atoms with Crippen molar-refractivity contribution in [1.82, 2.24) is 5.32 Å². The molecule has 1 aliphatic rings. The molecule has 6 heteroatoms. The van der Waals surface area contributed by atoms with Crippen molar-refractivity contribution < 1.29 is 14.4 Å². The molecule has 0 aliphatic heterocycles. The van der Waals surface area contributed by atoms with Gasteiger partial charge in [-0.3, -0.25) is 10.1 Å². The summed E-state index contributed by atoms with van der Waals surface area (Å²) in [5.74, 6) is 0.511. The van der Waals surface area contributed by atoms with Gasteiger partial charge in [-0.1, -0.05) is 0 Å². The van der Waals surface area contributed by atoms with E-state index in [0.29, 0.717) is 24.4 Å². The maximum atomic E-state index is 10.9. The number of methoxy groups -OCH3 is 1. The predicted molar refractivity (Wildman–Crippen MR) is 74.9 cm³/mol. The Hall–Kier alpha value is -1.66. The van der Waals surface area contributed by atoms with E-state index >= 15 is 0 Å². The smallest absolute Gasteiger partial charge is 0.273 e. The van der Waals surface area contributed by atoms with E-state index in [1.807, 2.05) is 13.0 Å². The minimum Gasteiger partial charge on any atom is -0.496 e. The second kappa shape index (κ2) is 6.67. The molecule has 20 heavy (non-hydrogen) atoms. The first-order chi connectivity index (χ1) is 9.62. The number of nitro groups is 1. The highest BCUT2D eigenvalue weighted by molar-refractivity contribution is 5.42. The first kappa shape index (κ1) is 14.7. The first-order valence-corrected chi connectivity index (χ1v) is 6.79. The van der Waals surface area contributed by atoms with E-state index in [-0.39, 0.29) is 5.69 Å². The Morgan fingerprint density at radius 3 is 2.75 bits per heavy atom. The molecule has 110 valence electrons. The zero-order valence-electron chi connectivity index (χ0n) is 11.8. The van der Waals surface area contributed by atoms with Crippen molar-refractivity contribution in [2.45, 2.75) is 38.5 Å². The summed E-state index contributed by atoms with van der Waals surface area (Å²) >= 11 is 0. The van der Waals surface area contributed by atoms with Crippen LogP contribution in [0.5, 0.6) is 5.75 Å². The number of benzene rings is 1. The average molecular weight is 280 g/mol. The van der Waals surface area contributed by atoms with Crippen LogP contribution in [-0.2, 0) is 11.3 Å². The van der Waals surface area contributed by atoms with Crippen LogP contribution in [0.2, 0.25) is 0 Å². The molecule has 0 heterocycles. The lowest BCUT2D eigenvalue weighted by Crippen LogP contribution is -2.45. The van der Waals surface area contributed by atoms with Crippen LogP contribution < -0.4 is 10.1 Å². The van der Waals surface area contributed by atoms with Crippen LogP contribution in [0.1, 0.15) is 25.3 Å². The highest BCUT2D eigenvalue weighted by Crippen LogP contribution is 2.25. The van der Waals surface area contributed by atoms with Gasteiger partial charge in [-0.2, -0.15) is 0 Å². The van der Waals surface area contributed by atoms with Gasteiger partial charge in [-0.15, -0.1) is 0 Å². The van der Waals surface area contributed by atoms with Gasteiger partial charge in [0.15, 0.2) is 0 Å². The van der Waals surface area contributed by atoms with Crippen molar-refractivity contribution >= 4 is 5.69 Å². The molecule has 0 bridgehead atoms. The lowest BCUT2D eigenvalue weighted by atomic mass is 9.89. The molecule has 0 aromatic heterocycles. The fourth-order valence-corrected chi connectivity index (χ4v) is 2.34. The van der Waals surface area contributed by atoms with Crippen LogP contribution in [0.3, 0.4) is 0 Å². The van der Waals surface area contributed by atoms with Gasteiger partial charge in [0, 0.05) is 25.3 Å². The van der Waals surface area contributed by atoms with E-state index in [1.165, 1.54) is 13.2 Å². The lowest BCUT2D eigenvalue weighted by Gasteiger charge is -2.35. The molecule has 1 saturated carbocycles. The molecular formula is C14H20N2O4.